The maximum Gasteiger partial charge on any atom is 0.464 e. The van der Waals surface area contributed by atoms with E-state index in [2.05, 4.69) is 0 Å². The van der Waals surface area contributed by atoms with Gasteiger partial charge in [0.15, 0.2) is 0 Å². The van der Waals surface area contributed by atoms with E-state index in [4.69, 9.17) is 0 Å². The molecular formula is C13H15F5N2OS. The minimum Gasteiger partial charge on any atom is -0.328 e. The first-order valence-electron chi connectivity index (χ1n) is 6.22. The van der Waals surface area contributed by atoms with Crippen molar-refractivity contribution in [2.75, 3.05) is 25.5 Å². The molecule has 0 saturated carbocycles. The van der Waals surface area contributed by atoms with Crippen LogP contribution in [0.1, 0.15) is 6.92 Å². The average molecular weight is 342 g/mol. The van der Waals surface area contributed by atoms with Gasteiger partial charge in [-0.15, -0.1) is 0 Å². The van der Waals surface area contributed by atoms with Gasteiger partial charge in [-0.05, 0) is 43.0 Å². The number of hydrogen-bond donors (Lipinski definition) is 0. The lowest BCUT2D eigenvalue weighted by Gasteiger charge is -2.24. The van der Waals surface area contributed by atoms with Gasteiger partial charge in [-0.1, -0.05) is 0 Å². The normalized spacial score (nSPS) is 12.2. The Morgan fingerprint density at radius 1 is 1.09 bits per heavy atom. The quantitative estimate of drug-likeness (QED) is 0.596. The summed E-state index contributed by atoms with van der Waals surface area (Å²) >= 11 is -0.580. The van der Waals surface area contributed by atoms with Gasteiger partial charge < -0.3 is 4.90 Å². The summed E-state index contributed by atoms with van der Waals surface area (Å²) in [5.74, 6) is 0. The molecule has 0 spiro atoms. The van der Waals surface area contributed by atoms with Gasteiger partial charge in [-0.2, -0.15) is 22.0 Å². The van der Waals surface area contributed by atoms with Gasteiger partial charge in [0, 0.05) is 31.2 Å². The van der Waals surface area contributed by atoms with Crippen molar-refractivity contribution in [3.63, 3.8) is 0 Å². The van der Waals surface area contributed by atoms with Crippen LogP contribution in [0.2, 0.25) is 0 Å². The van der Waals surface area contributed by atoms with Gasteiger partial charge in [0.1, 0.15) is 0 Å². The van der Waals surface area contributed by atoms with Crippen molar-refractivity contribution in [1.29, 1.82) is 0 Å². The van der Waals surface area contributed by atoms with E-state index in [0.29, 0.717) is 12.2 Å². The third kappa shape index (κ3) is 4.25. The van der Waals surface area contributed by atoms with Crippen molar-refractivity contribution < 1.29 is 26.7 Å². The molecule has 1 aromatic carbocycles. The summed E-state index contributed by atoms with van der Waals surface area (Å²) in [6, 6.07) is 4.56. The van der Waals surface area contributed by atoms with Crippen molar-refractivity contribution >= 4 is 23.5 Å². The Hall–Kier alpha value is -1.51. The van der Waals surface area contributed by atoms with Crippen LogP contribution in [-0.4, -0.2) is 43.0 Å². The number of halogens is 5. The topological polar surface area (TPSA) is 23.6 Å². The van der Waals surface area contributed by atoms with Crippen LogP contribution in [0.25, 0.3) is 0 Å². The second kappa shape index (κ2) is 6.72. The summed E-state index contributed by atoms with van der Waals surface area (Å²) < 4.78 is 62.2. The van der Waals surface area contributed by atoms with Crippen LogP contribution in [0.4, 0.5) is 32.4 Å². The number of rotatable bonds is 4. The molecule has 2 amide bonds. The molecule has 1 rings (SSSR count). The molecule has 0 aromatic heterocycles. The minimum absolute atomic E-state index is 0.240. The highest BCUT2D eigenvalue weighted by atomic mass is 32.2. The molecule has 0 saturated heterocycles. The van der Waals surface area contributed by atoms with Gasteiger partial charge in [-0.3, -0.25) is 4.90 Å². The minimum atomic E-state index is -5.62. The number of urea groups is 1. The zero-order valence-corrected chi connectivity index (χ0v) is 12.9. The van der Waals surface area contributed by atoms with Gasteiger partial charge in [0.2, 0.25) is 0 Å². The number of anilines is 1. The highest BCUT2D eigenvalue weighted by Crippen LogP contribution is 2.47. The Labute approximate surface area is 129 Å². The summed E-state index contributed by atoms with van der Waals surface area (Å²) in [6.45, 7) is 2.26. The lowest BCUT2D eigenvalue weighted by atomic mass is 10.3. The summed E-state index contributed by atoms with van der Waals surface area (Å²) in [6.07, 6.45) is -5.62. The second-order valence-corrected chi connectivity index (χ2v) is 5.65. The number of carbonyl (C=O) groups is 1. The molecule has 0 bridgehead atoms. The standard InChI is InChI=1S/C13H15F5N2OS/c1-4-19(2)11(21)20(3)9-5-7-10(8-6-9)22-13(17,18)12(14,15)16/h5-8H,4H2,1-3H3. The second-order valence-electron chi connectivity index (χ2n) is 4.47. The monoisotopic (exact) mass is 342 g/mol. The molecule has 0 unspecified atom stereocenters. The number of thioether (sulfide) groups is 1. The highest BCUT2D eigenvalue weighted by molar-refractivity contribution is 8.00. The van der Waals surface area contributed by atoms with Crippen molar-refractivity contribution in [2.24, 2.45) is 0 Å². The summed E-state index contributed by atoms with van der Waals surface area (Å²) in [7, 11) is 3.08. The fourth-order valence-corrected chi connectivity index (χ4v) is 2.13. The largest absolute Gasteiger partial charge is 0.464 e. The van der Waals surface area contributed by atoms with Gasteiger partial charge >= 0.3 is 17.5 Å². The Morgan fingerprint density at radius 3 is 2.00 bits per heavy atom. The zero-order chi connectivity index (χ0) is 17.1. The van der Waals surface area contributed by atoms with E-state index in [1.165, 1.54) is 29.0 Å². The Morgan fingerprint density at radius 2 is 1.59 bits per heavy atom. The van der Waals surface area contributed by atoms with E-state index in [9.17, 15) is 26.7 Å². The Balaban J connectivity index is 2.86. The Kier molecular flexibility index (Phi) is 5.66. The van der Waals surface area contributed by atoms with Crippen LogP contribution >= 0.6 is 11.8 Å². The summed E-state index contributed by atoms with van der Waals surface area (Å²) in [5.41, 5.74) is 0.393. The predicted octanol–water partition coefficient (Wildman–Crippen LogP) is 4.44. The van der Waals surface area contributed by atoms with Crippen LogP contribution < -0.4 is 4.90 Å². The van der Waals surface area contributed by atoms with Crippen LogP contribution in [0.5, 0.6) is 0 Å². The van der Waals surface area contributed by atoms with Gasteiger partial charge in [0.05, 0.1) is 0 Å². The first-order valence-corrected chi connectivity index (χ1v) is 7.03. The van der Waals surface area contributed by atoms with Crippen LogP contribution in [0.15, 0.2) is 29.2 Å². The van der Waals surface area contributed by atoms with Crippen molar-refractivity contribution in [1.82, 2.24) is 4.90 Å². The predicted molar refractivity (Wildman–Crippen MR) is 75.4 cm³/mol. The van der Waals surface area contributed by atoms with E-state index in [-0.39, 0.29) is 10.9 Å². The van der Waals surface area contributed by atoms with Crippen molar-refractivity contribution in [3.8, 4) is 0 Å². The van der Waals surface area contributed by atoms with E-state index in [1.54, 1.807) is 14.0 Å². The van der Waals surface area contributed by atoms with E-state index in [0.717, 1.165) is 12.1 Å². The van der Waals surface area contributed by atoms with E-state index >= 15 is 0 Å². The van der Waals surface area contributed by atoms with Gasteiger partial charge in [0.25, 0.3) is 0 Å². The van der Waals surface area contributed by atoms with E-state index < -0.39 is 23.2 Å². The molecule has 0 aliphatic rings. The maximum atomic E-state index is 12.9. The SMILES string of the molecule is CCN(C)C(=O)N(C)c1ccc(SC(F)(F)C(F)(F)F)cc1. The molecule has 0 aliphatic carbocycles. The van der Waals surface area contributed by atoms with Crippen molar-refractivity contribution in [2.45, 2.75) is 23.3 Å². The smallest absolute Gasteiger partial charge is 0.328 e. The Bertz CT molecular complexity index is 518. The van der Waals surface area contributed by atoms with E-state index in [1.807, 2.05) is 0 Å². The third-order valence-electron chi connectivity index (χ3n) is 2.89. The molecule has 0 fully saturated rings. The lowest BCUT2D eigenvalue weighted by Crippen LogP contribution is -2.38. The maximum absolute atomic E-state index is 12.9. The molecule has 22 heavy (non-hydrogen) atoms. The highest BCUT2D eigenvalue weighted by Gasteiger charge is 2.58. The summed E-state index contributed by atoms with van der Waals surface area (Å²) in [5, 5.41) is -4.86. The lowest BCUT2D eigenvalue weighted by molar-refractivity contribution is -0.237. The van der Waals surface area contributed by atoms with Crippen LogP contribution in [0.3, 0.4) is 0 Å². The zero-order valence-electron chi connectivity index (χ0n) is 12.1. The molecular weight excluding hydrogens is 327 g/mol. The third-order valence-corrected chi connectivity index (χ3v) is 3.88. The molecule has 9 heteroatoms. The number of amides is 2. The summed E-state index contributed by atoms with van der Waals surface area (Å²) in [4.78, 5) is 14.4. The molecule has 0 radical (unpaired) electrons. The number of carbonyl (C=O) groups excluding carboxylic acids is 1. The molecule has 3 nitrogen and oxygen atoms in total. The number of nitrogens with zero attached hydrogens (tertiary/aromatic N) is 2. The molecule has 0 aliphatic heterocycles. The molecule has 0 atom stereocenters. The molecule has 0 N–H and O–H groups in total. The molecule has 1 aromatic rings. The van der Waals surface area contributed by atoms with Crippen LogP contribution in [0, 0.1) is 0 Å². The number of benzene rings is 1. The number of alkyl halides is 5. The fraction of sp³-hybridized carbons (Fsp3) is 0.462. The van der Waals surface area contributed by atoms with Crippen molar-refractivity contribution in [3.05, 3.63) is 24.3 Å². The average Bonchev–Trinajstić information content (AvgIpc) is 2.44. The number of hydrogen-bond acceptors (Lipinski definition) is 2. The van der Waals surface area contributed by atoms with Crippen LogP contribution in [-0.2, 0) is 0 Å². The molecule has 124 valence electrons. The first-order chi connectivity index (χ1) is 9.99. The first kappa shape index (κ1) is 18.5. The van der Waals surface area contributed by atoms with Gasteiger partial charge in [-0.25, -0.2) is 4.79 Å². The fourth-order valence-electron chi connectivity index (χ4n) is 1.45. The molecule has 0 heterocycles.